The van der Waals surface area contributed by atoms with Crippen molar-refractivity contribution in [1.82, 2.24) is 10.2 Å². The van der Waals surface area contributed by atoms with Crippen LogP contribution in [0.3, 0.4) is 0 Å². The SMILES string of the molecule is CC1NCCCN(Cc2cccc(Cl)c2F)C1=O. The highest BCUT2D eigenvalue weighted by Crippen LogP contribution is 2.20. The van der Waals surface area contributed by atoms with Crippen molar-refractivity contribution in [3.05, 3.63) is 34.6 Å². The van der Waals surface area contributed by atoms with Gasteiger partial charge in [0, 0.05) is 18.7 Å². The molecule has 98 valence electrons. The second kappa shape index (κ2) is 5.67. The van der Waals surface area contributed by atoms with Crippen LogP contribution in [0.25, 0.3) is 0 Å². The Bertz CT molecular complexity index is 453. The lowest BCUT2D eigenvalue weighted by Crippen LogP contribution is -2.41. The number of nitrogens with zero attached hydrogens (tertiary/aromatic N) is 1. The van der Waals surface area contributed by atoms with E-state index in [-0.39, 0.29) is 23.5 Å². The summed E-state index contributed by atoms with van der Waals surface area (Å²) in [6, 6.07) is 4.66. The van der Waals surface area contributed by atoms with Gasteiger partial charge in [0.1, 0.15) is 5.82 Å². The van der Waals surface area contributed by atoms with E-state index in [0.717, 1.165) is 13.0 Å². The molecule has 0 aromatic heterocycles. The lowest BCUT2D eigenvalue weighted by molar-refractivity contribution is -0.132. The highest BCUT2D eigenvalue weighted by Gasteiger charge is 2.23. The fraction of sp³-hybridized carbons (Fsp3) is 0.462. The van der Waals surface area contributed by atoms with Crippen LogP contribution in [0.2, 0.25) is 5.02 Å². The first-order valence-corrected chi connectivity index (χ1v) is 6.42. The van der Waals surface area contributed by atoms with E-state index < -0.39 is 5.82 Å². The second-order valence-corrected chi connectivity index (χ2v) is 4.91. The molecule has 1 atom stereocenters. The number of nitrogens with one attached hydrogen (secondary N) is 1. The number of benzene rings is 1. The van der Waals surface area contributed by atoms with Gasteiger partial charge in [-0.3, -0.25) is 4.79 Å². The fourth-order valence-corrected chi connectivity index (χ4v) is 2.29. The van der Waals surface area contributed by atoms with E-state index >= 15 is 0 Å². The molecule has 1 aliphatic rings. The average molecular weight is 271 g/mol. The standard InChI is InChI=1S/C13H16ClFN2O/c1-9-13(18)17(7-3-6-16-9)8-10-4-2-5-11(14)12(10)15/h2,4-5,9,16H,3,6-8H2,1H3. The minimum absolute atomic E-state index is 0.00637. The van der Waals surface area contributed by atoms with E-state index in [0.29, 0.717) is 12.1 Å². The van der Waals surface area contributed by atoms with Crippen LogP contribution in [0.15, 0.2) is 18.2 Å². The van der Waals surface area contributed by atoms with Crippen molar-refractivity contribution >= 4 is 17.5 Å². The Balaban J connectivity index is 2.16. The molecule has 5 heteroatoms. The van der Waals surface area contributed by atoms with Crippen molar-refractivity contribution in [3.8, 4) is 0 Å². The van der Waals surface area contributed by atoms with Crippen molar-refractivity contribution in [2.75, 3.05) is 13.1 Å². The zero-order valence-electron chi connectivity index (χ0n) is 10.2. The van der Waals surface area contributed by atoms with Crippen molar-refractivity contribution in [1.29, 1.82) is 0 Å². The molecular weight excluding hydrogens is 255 g/mol. The molecule has 18 heavy (non-hydrogen) atoms. The monoisotopic (exact) mass is 270 g/mol. The minimum Gasteiger partial charge on any atom is -0.337 e. The van der Waals surface area contributed by atoms with Gasteiger partial charge in [-0.25, -0.2) is 4.39 Å². The zero-order chi connectivity index (χ0) is 13.1. The third-order valence-electron chi connectivity index (χ3n) is 3.13. The predicted molar refractivity (Wildman–Crippen MR) is 68.9 cm³/mol. The highest BCUT2D eigenvalue weighted by molar-refractivity contribution is 6.30. The number of carbonyl (C=O) groups excluding carboxylic acids is 1. The first-order chi connectivity index (χ1) is 8.59. The van der Waals surface area contributed by atoms with Crippen LogP contribution in [0.5, 0.6) is 0 Å². The van der Waals surface area contributed by atoms with Crippen molar-refractivity contribution in [2.45, 2.75) is 25.9 Å². The molecular formula is C13H16ClFN2O. The lowest BCUT2D eigenvalue weighted by Gasteiger charge is -2.23. The van der Waals surface area contributed by atoms with E-state index in [9.17, 15) is 9.18 Å². The number of hydrogen-bond acceptors (Lipinski definition) is 2. The maximum Gasteiger partial charge on any atom is 0.239 e. The molecule has 1 aromatic rings. The predicted octanol–water partition coefficient (Wildman–Crippen LogP) is 2.19. The number of hydrogen-bond donors (Lipinski definition) is 1. The van der Waals surface area contributed by atoms with Crippen molar-refractivity contribution in [3.63, 3.8) is 0 Å². The van der Waals surface area contributed by atoms with Gasteiger partial charge in [0.05, 0.1) is 11.1 Å². The van der Waals surface area contributed by atoms with Gasteiger partial charge in [-0.2, -0.15) is 0 Å². The average Bonchev–Trinajstić information content (AvgIpc) is 2.50. The molecule has 1 N–H and O–H groups in total. The number of carbonyl (C=O) groups is 1. The number of halogens is 2. The Labute approximate surface area is 111 Å². The molecule has 1 unspecified atom stereocenters. The molecule has 0 radical (unpaired) electrons. The van der Waals surface area contributed by atoms with Crippen LogP contribution in [0, 0.1) is 5.82 Å². The lowest BCUT2D eigenvalue weighted by atomic mass is 10.2. The Morgan fingerprint density at radius 2 is 2.33 bits per heavy atom. The van der Waals surface area contributed by atoms with Crippen LogP contribution in [0.1, 0.15) is 18.9 Å². The second-order valence-electron chi connectivity index (χ2n) is 4.50. The summed E-state index contributed by atoms with van der Waals surface area (Å²) in [5, 5.41) is 3.22. The Hall–Kier alpha value is -1.13. The van der Waals surface area contributed by atoms with Gasteiger partial charge in [-0.1, -0.05) is 23.7 Å². The molecule has 1 amide bonds. The van der Waals surface area contributed by atoms with Gasteiger partial charge in [0.2, 0.25) is 5.91 Å². The summed E-state index contributed by atoms with van der Waals surface area (Å²) in [4.78, 5) is 13.7. The van der Waals surface area contributed by atoms with Gasteiger partial charge >= 0.3 is 0 Å². The highest BCUT2D eigenvalue weighted by atomic mass is 35.5. The molecule has 1 aliphatic heterocycles. The normalized spacial score (nSPS) is 20.9. The van der Waals surface area contributed by atoms with Gasteiger partial charge in [-0.15, -0.1) is 0 Å². The van der Waals surface area contributed by atoms with E-state index in [1.54, 1.807) is 17.0 Å². The molecule has 1 heterocycles. The Morgan fingerprint density at radius 3 is 3.11 bits per heavy atom. The molecule has 1 fully saturated rings. The van der Waals surface area contributed by atoms with Gasteiger partial charge < -0.3 is 10.2 Å². The molecule has 3 nitrogen and oxygen atoms in total. The summed E-state index contributed by atoms with van der Waals surface area (Å²) in [6.07, 6.45) is 0.873. The third-order valence-corrected chi connectivity index (χ3v) is 3.42. The number of rotatable bonds is 2. The molecule has 0 saturated carbocycles. The Kier molecular flexibility index (Phi) is 4.19. The van der Waals surface area contributed by atoms with E-state index in [2.05, 4.69) is 5.32 Å². The van der Waals surface area contributed by atoms with Crippen LogP contribution in [-0.4, -0.2) is 29.9 Å². The van der Waals surface area contributed by atoms with Crippen molar-refractivity contribution in [2.24, 2.45) is 0 Å². The van der Waals surface area contributed by atoms with Crippen molar-refractivity contribution < 1.29 is 9.18 Å². The molecule has 1 saturated heterocycles. The first kappa shape index (κ1) is 13.3. The largest absolute Gasteiger partial charge is 0.337 e. The maximum absolute atomic E-state index is 13.8. The van der Waals surface area contributed by atoms with E-state index in [4.69, 9.17) is 11.6 Å². The minimum atomic E-state index is -0.433. The number of amides is 1. The topological polar surface area (TPSA) is 32.3 Å². The van der Waals surface area contributed by atoms with Gasteiger partial charge in [-0.05, 0) is 26.0 Å². The quantitative estimate of drug-likeness (QED) is 0.893. The van der Waals surface area contributed by atoms with E-state index in [1.807, 2.05) is 6.92 Å². The summed E-state index contributed by atoms with van der Waals surface area (Å²) < 4.78 is 13.8. The molecule has 2 rings (SSSR count). The summed E-state index contributed by atoms with van der Waals surface area (Å²) in [5.74, 6) is -0.427. The van der Waals surface area contributed by atoms with Gasteiger partial charge in [0.15, 0.2) is 0 Å². The first-order valence-electron chi connectivity index (χ1n) is 6.04. The third kappa shape index (κ3) is 2.82. The van der Waals surface area contributed by atoms with Crippen LogP contribution in [-0.2, 0) is 11.3 Å². The van der Waals surface area contributed by atoms with Crippen LogP contribution >= 0.6 is 11.6 Å². The zero-order valence-corrected chi connectivity index (χ0v) is 11.0. The van der Waals surface area contributed by atoms with Crippen LogP contribution < -0.4 is 5.32 Å². The molecule has 0 bridgehead atoms. The van der Waals surface area contributed by atoms with Gasteiger partial charge in [0.25, 0.3) is 0 Å². The molecule has 0 aliphatic carbocycles. The molecule has 0 spiro atoms. The fourth-order valence-electron chi connectivity index (χ4n) is 2.09. The summed E-state index contributed by atoms with van der Waals surface area (Å²) in [5.41, 5.74) is 0.463. The maximum atomic E-state index is 13.8. The summed E-state index contributed by atoms with van der Waals surface area (Å²) in [7, 11) is 0. The van der Waals surface area contributed by atoms with E-state index in [1.165, 1.54) is 6.07 Å². The smallest absolute Gasteiger partial charge is 0.239 e. The molecule has 1 aromatic carbocycles. The Morgan fingerprint density at radius 1 is 1.56 bits per heavy atom. The summed E-state index contributed by atoms with van der Waals surface area (Å²) in [6.45, 7) is 3.55. The summed E-state index contributed by atoms with van der Waals surface area (Å²) >= 11 is 5.74. The van der Waals surface area contributed by atoms with Crippen LogP contribution in [0.4, 0.5) is 4.39 Å².